The Kier molecular flexibility index (Phi) is 4.49. The molecule has 0 amide bonds. The summed E-state index contributed by atoms with van der Waals surface area (Å²) in [6.07, 6.45) is 0.741. The molecule has 0 aliphatic rings. The topological polar surface area (TPSA) is 84.1 Å². The number of aliphatic hydroxyl groups excluding tert-OH is 1. The summed E-state index contributed by atoms with van der Waals surface area (Å²) in [5.41, 5.74) is 5.67. The van der Waals surface area contributed by atoms with Crippen molar-refractivity contribution in [2.24, 2.45) is 5.92 Å². The van der Waals surface area contributed by atoms with E-state index in [4.69, 9.17) is 5.73 Å². The molecule has 0 aliphatic carbocycles. The summed E-state index contributed by atoms with van der Waals surface area (Å²) in [5, 5.41) is 12.4. The van der Waals surface area contributed by atoms with Crippen molar-refractivity contribution in [1.29, 1.82) is 0 Å². The number of aryl methyl sites for hydroxylation is 1. The molecule has 5 nitrogen and oxygen atoms in total. The SMILES string of the molecule is CCc1nc(N)cc(NC(CO)C(C)C)n1. The first kappa shape index (κ1) is 12.7. The number of aliphatic hydroxyl groups is 1. The fraction of sp³-hybridized carbons (Fsp3) is 0.636. The molecule has 1 unspecified atom stereocenters. The zero-order valence-corrected chi connectivity index (χ0v) is 10.1. The summed E-state index contributed by atoms with van der Waals surface area (Å²) in [7, 11) is 0. The molecule has 0 aliphatic heterocycles. The largest absolute Gasteiger partial charge is 0.394 e. The van der Waals surface area contributed by atoms with E-state index < -0.39 is 0 Å². The summed E-state index contributed by atoms with van der Waals surface area (Å²) in [6, 6.07) is 1.67. The van der Waals surface area contributed by atoms with Crippen LogP contribution in [0.15, 0.2) is 6.07 Å². The van der Waals surface area contributed by atoms with E-state index in [9.17, 15) is 5.11 Å². The fourth-order valence-corrected chi connectivity index (χ4v) is 1.36. The second kappa shape index (κ2) is 5.65. The molecule has 1 rings (SSSR count). The van der Waals surface area contributed by atoms with Crippen LogP contribution in [0, 0.1) is 5.92 Å². The highest BCUT2D eigenvalue weighted by atomic mass is 16.3. The van der Waals surface area contributed by atoms with Crippen LogP contribution in [0.5, 0.6) is 0 Å². The lowest BCUT2D eigenvalue weighted by Crippen LogP contribution is -2.30. The second-order valence-corrected chi connectivity index (χ2v) is 4.13. The van der Waals surface area contributed by atoms with E-state index in [0.717, 1.165) is 6.42 Å². The van der Waals surface area contributed by atoms with Gasteiger partial charge in [0.1, 0.15) is 17.5 Å². The third-order valence-corrected chi connectivity index (χ3v) is 2.44. The van der Waals surface area contributed by atoms with Gasteiger partial charge in [-0.05, 0) is 5.92 Å². The van der Waals surface area contributed by atoms with Gasteiger partial charge in [-0.2, -0.15) is 0 Å². The van der Waals surface area contributed by atoms with Crippen LogP contribution in [-0.2, 0) is 6.42 Å². The van der Waals surface area contributed by atoms with Gasteiger partial charge in [0.15, 0.2) is 0 Å². The summed E-state index contributed by atoms with van der Waals surface area (Å²) < 4.78 is 0. The van der Waals surface area contributed by atoms with Crippen LogP contribution in [0.25, 0.3) is 0 Å². The Morgan fingerprint density at radius 2 is 2.12 bits per heavy atom. The number of nitrogens with one attached hydrogen (secondary N) is 1. The van der Waals surface area contributed by atoms with Gasteiger partial charge in [0.05, 0.1) is 12.6 Å². The number of rotatable bonds is 5. The van der Waals surface area contributed by atoms with Crippen molar-refractivity contribution in [3.63, 3.8) is 0 Å². The molecule has 0 radical (unpaired) electrons. The van der Waals surface area contributed by atoms with E-state index in [0.29, 0.717) is 23.4 Å². The Labute approximate surface area is 96.1 Å². The van der Waals surface area contributed by atoms with Gasteiger partial charge in [0, 0.05) is 12.5 Å². The van der Waals surface area contributed by atoms with E-state index in [-0.39, 0.29) is 12.6 Å². The maximum Gasteiger partial charge on any atom is 0.132 e. The Morgan fingerprint density at radius 1 is 1.44 bits per heavy atom. The minimum Gasteiger partial charge on any atom is -0.394 e. The highest BCUT2D eigenvalue weighted by Crippen LogP contribution is 2.13. The zero-order valence-electron chi connectivity index (χ0n) is 10.1. The van der Waals surface area contributed by atoms with Gasteiger partial charge in [-0.3, -0.25) is 0 Å². The number of hydrogen-bond acceptors (Lipinski definition) is 5. The monoisotopic (exact) mass is 224 g/mol. The van der Waals surface area contributed by atoms with Crippen molar-refractivity contribution in [2.75, 3.05) is 17.7 Å². The summed E-state index contributed by atoms with van der Waals surface area (Å²) in [4.78, 5) is 8.40. The predicted molar refractivity (Wildman–Crippen MR) is 65.2 cm³/mol. The normalized spacial score (nSPS) is 12.8. The molecular weight excluding hydrogens is 204 g/mol. The van der Waals surface area contributed by atoms with Crippen molar-refractivity contribution >= 4 is 11.6 Å². The Hall–Kier alpha value is -1.36. The lowest BCUT2D eigenvalue weighted by Gasteiger charge is -2.20. The highest BCUT2D eigenvalue weighted by Gasteiger charge is 2.13. The van der Waals surface area contributed by atoms with Crippen molar-refractivity contribution in [1.82, 2.24) is 9.97 Å². The maximum absolute atomic E-state index is 9.22. The predicted octanol–water partition coefficient (Wildman–Crippen LogP) is 1.05. The minimum atomic E-state index is -0.0148. The number of nitrogens with two attached hydrogens (primary N) is 1. The van der Waals surface area contributed by atoms with Crippen molar-refractivity contribution in [3.8, 4) is 0 Å². The van der Waals surface area contributed by atoms with E-state index >= 15 is 0 Å². The number of aromatic nitrogens is 2. The fourth-order valence-electron chi connectivity index (χ4n) is 1.36. The molecule has 0 saturated carbocycles. The highest BCUT2D eigenvalue weighted by molar-refractivity contribution is 5.45. The molecule has 0 aromatic carbocycles. The van der Waals surface area contributed by atoms with Gasteiger partial charge < -0.3 is 16.2 Å². The molecule has 1 aromatic rings. The van der Waals surface area contributed by atoms with E-state index in [2.05, 4.69) is 15.3 Å². The lowest BCUT2D eigenvalue weighted by molar-refractivity contribution is 0.249. The molecule has 5 heteroatoms. The van der Waals surface area contributed by atoms with Crippen molar-refractivity contribution in [2.45, 2.75) is 33.2 Å². The average molecular weight is 224 g/mol. The first-order valence-electron chi connectivity index (χ1n) is 5.57. The summed E-state index contributed by atoms with van der Waals surface area (Å²) in [6.45, 7) is 6.13. The van der Waals surface area contributed by atoms with Crippen LogP contribution >= 0.6 is 0 Å². The quantitative estimate of drug-likeness (QED) is 0.696. The first-order chi connectivity index (χ1) is 7.56. The van der Waals surface area contributed by atoms with E-state index in [1.165, 1.54) is 0 Å². The molecule has 16 heavy (non-hydrogen) atoms. The third kappa shape index (κ3) is 3.34. The molecule has 0 saturated heterocycles. The van der Waals surface area contributed by atoms with Crippen LogP contribution in [0.4, 0.5) is 11.6 Å². The Balaban J connectivity index is 2.83. The minimum absolute atomic E-state index is 0.0148. The first-order valence-corrected chi connectivity index (χ1v) is 5.57. The van der Waals surface area contributed by atoms with E-state index in [1.54, 1.807) is 6.07 Å². The molecule has 0 fully saturated rings. The molecule has 90 valence electrons. The second-order valence-electron chi connectivity index (χ2n) is 4.13. The molecule has 0 spiro atoms. The number of anilines is 2. The number of hydrogen-bond donors (Lipinski definition) is 3. The number of nitrogen functional groups attached to an aromatic ring is 1. The lowest BCUT2D eigenvalue weighted by atomic mass is 10.1. The van der Waals surface area contributed by atoms with Gasteiger partial charge >= 0.3 is 0 Å². The number of nitrogens with zero attached hydrogens (tertiary/aromatic N) is 2. The van der Waals surface area contributed by atoms with Crippen molar-refractivity contribution in [3.05, 3.63) is 11.9 Å². The smallest absolute Gasteiger partial charge is 0.132 e. The van der Waals surface area contributed by atoms with Gasteiger partial charge in [-0.15, -0.1) is 0 Å². The van der Waals surface area contributed by atoms with Gasteiger partial charge in [0.25, 0.3) is 0 Å². The molecule has 1 atom stereocenters. The zero-order chi connectivity index (χ0) is 12.1. The molecular formula is C11H20N4O. The molecule has 1 aromatic heterocycles. The van der Waals surface area contributed by atoms with Crippen LogP contribution in [0.3, 0.4) is 0 Å². The molecule has 1 heterocycles. The maximum atomic E-state index is 9.22. The molecule has 0 bridgehead atoms. The van der Waals surface area contributed by atoms with Crippen LogP contribution in [-0.4, -0.2) is 27.7 Å². The van der Waals surface area contributed by atoms with E-state index in [1.807, 2.05) is 20.8 Å². The van der Waals surface area contributed by atoms with Crippen LogP contribution in [0.2, 0.25) is 0 Å². The average Bonchev–Trinajstić information content (AvgIpc) is 2.24. The molecule has 4 N–H and O–H groups in total. The van der Waals surface area contributed by atoms with Crippen LogP contribution in [0.1, 0.15) is 26.6 Å². The third-order valence-electron chi connectivity index (χ3n) is 2.44. The summed E-state index contributed by atoms with van der Waals surface area (Å²) >= 11 is 0. The standard InChI is InChI=1S/C11H20N4O/c1-4-10-14-9(12)5-11(15-10)13-8(6-16)7(2)3/h5,7-8,16H,4,6H2,1-3H3,(H3,12,13,14,15). The van der Waals surface area contributed by atoms with Gasteiger partial charge in [-0.1, -0.05) is 20.8 Å². The Morgan fingerprint density at radius 3 is 2.62 bits per heavy atom. The van der Waals surface area contributed by atoms with Gasteiger partial charge in [0.2, 0.25) is 0 Å². The van der Waals surface area contributed by atoms with Crippen molar-refractivity contribution < 1.29 is 5.11 Å². The Bertz CT molecular complexity index is 341. The van der Waals surface area contributed by atoms with Crippen LogP contribution < -0.4 is 11.1 Å². The summed E-state index contributed by atoms with van der Waals surface area (Å²) in [5.74, 6) is 2.17. The van der Waals surface area contributed by atoms with Gasteiger partial charge in [-0.25, -0.2) is 9.97 Å².